The SMILES string of the molecule is N#CCCNS(=O)(=O)c1cccc(-c2c[nH]c3ncc4nccn4c23)c1. The van der Waals surface area contributed by atoms with Crippen LogP contribution in [0, 0.1) is 11.3 Å². The van der Waals surface area contributed by atoms with Gasteiger partial charge in [-0.2, -0.15) is 5.26 Å². The summed E-state index contributed by atoms with van der Waals surface area (Å²) in [5, 5.41) is 8.57. The van der Waals surface area contributed by atoms with Crippen molar-refractivity contribution in [1.29, 1.82) is 5.26 Å². The molecule has 8 nitrogen and oxygen atoms in total. The van der Waals surface area contributed by atoms with E-state index < -0.39 is 10.0 Å². The highest BCUT2D eigenvalue weighted by Crippen LogP contribution is 2.29. The molecule has 1 aromatic carbocycles. The molecule has 0 aliphatic carbocycles. The molecular weight excluding hydrogens is 352 g/mol. The van der Waals surface area contributed by atoms with Crippen molar-refractivity contribution >= 4 is 26.8 Å². The lowest BCUT2D eigenvalue weighted by atomic mass is 10.1. The topological polar surface area (TPSA) is 116 Å². The number of aromatic nitrogens is 4. The van der Waals surface area contributed by atoms with Gasteiger partial charge in [-0.25, -0.2) is 23.1 Å². The minimum atomic E-state index is -3.68. The van der Waals surface area contributed by atoms with Crippen molar-refractivity contribution in [2.24, 2.45) is 0 Å². The van der Waals surface area contributed by atoms with Gasteiger partial charge < -0.3 is 4.98 Å². The van der Waals surface area contributed by atoms with Crippen LogP contribution in [0.5, 0.6) is 0 Å². The van der Waals surface area contributed by atoms with E-state index in [2.05, 4.69) is 19.7 Å². The van der Waals surface area contributed by atoms with Crippen molar-refractivity contribution in [3.63, 3.8) is 0 Å². The van der Waals surface area contributed by atoms with Crippen LogP contribution in [0.3, 0.4) is 0 Å². The van der Waals surface area contributed by atoms with Crippen molar-refractivity contribution in [3.05, 3.63) is 49.1 Å². The van der Waals surface area contributed by atoms with E-state index in [1.54, 1.807) is 30.7 Å². The third kappa shape index (κ3) is 2.71. The second-order valence-electron chi connectivity index (χ2n) is 5.65. The molecule has 4 rings (SSSR count). The Bertz CT molecular complexity index is 1250. The fraction of sp³-hybridized carbons (Fsp3) is 0.118. The number of sulfonamides is 1. The minimum absolute atomic E-state index is 0.0791. The molecule has 0 aliphatic rings. The average molecular weight is 366 g/mol. The van der Waals surface area contributed by atoms with Gasteiger partial charge in [0.25, 0.3) is 0 Å². The van der Waals surface area contributed by atoms with Crippen LogP contribution in [0.1, 0.15) is 6.42 Å². The Morgan fingerprint density at radius 1 is 1.31 bits per heavy atom. The summed E-state index contributed by atoms with van der Waals surface area (Å²) in [5.74, 6) is 0. The molecule has 0 spiro atoms. The van der Waals surface area contributed by atoms with Crippen LogP contribution in [0.2, 0.25) is 0 Å². The van der Waals surface area contributed by atoms with Gasteiger partial charge in [-0.05, 0) is 17.7 Å². The number of rotatable bonds is 5. The maximum absolute atomic E-state index is 12.4. The van der Waals surface area contributed by atoms with Crippen LogP contribution in [0.15, 0.2) is 53.9 Å². The number of nitriles is 1. The van der Waals surface area contributed by atoms with Gasteiger partial charge in [0.05, 0.1) is 22.7 Å². The lowest BCUT2D eigenvalue weighted by molar-refractivity contribution is 0.582. The first kappa shape index (κ1) is 16.3. The quantitative estimate of drug-likeness (QED) is 0.525. The number of aromatic amines is 1. The van der Waals surface area contributed by atoms with E-state index in [9.17, 15) is 8.42 Å². The normalized spacial score (nSPS) is 11.8. The van der Waals surface area contributed by atoms with Gasteiger partial charge in [0.1, 0.15) is 0 Å². The summed E-state index contributed by atoms with van der Waals surface area (Å²) >= 11 is 0. The molecule has 0 saturated carbocycles. The number of benzene rings is 1. The molecular formula is C17H14N6O2S. The number of hydrogen-bond acceptors (Lipinski definition) is 5. The van der Waals surface area contributed by atoms with Gasteiger partial charge in [0.2, 0.25) is 10.0 Å². The van der Waals surface area contributed by atoms with E-state index in [-0.39, 0.29) is 17.9 Å². The summed E-state index contributed by atoms with van der Waals surface area (Å²) < 4.78 is 29.1. The summed E-state index contributed by atoms with van der Waals surface area (Å²) in [6.45, 7) is 0.0791. The lowest BCUT2D eigenvalue weighted by Gasteiger charge is -2.07. The highest BCUT2D eigenvalue weighted by molar-refractivity contribution is 7.89. The number of nitrogens with one attached hydrogen (secondary N) is 2. The van der Waals surface area contributed by atoms with E-state index in [0.717, 1.165) is 16.6 Å². The van der Waals surface area contributed by atoms with E-state index >= 15 is 0 Å². The van der Waals surface area contributed by atoms with Crippen LogP contribution in [-0.2, 0) is 10.0 Å². The molecule has 0 amide bonds. The maximum Gasteiger partial charge on any atom is 0.240 e. The van der Waals surface area contributed by atoms with Gasteiger partial charge in [-0.1, -0.05) is 12.1 Å². The Balaban J connectivity index is 1.82. The molecule has 0 bridgehead atoms. The zero-order chi connectivity index (χ0) is 18.1. The van der Waals surface area contributed by atoms with Crippen molar-refractivity contribution in [1.82, 2.24) is 24.1 Å². The molecule has 9 heteroatoms. The highest BCUT2D eigenvalue weighted by atomic mass is 32.2. The van der Waals surface area contributed by atoms with Crippen LogP contribution in [0.4, 0.5) is 0 Å². The van der Waals surface area contributed by atoms with Crippen molar-refractivity contribution in [2.45, 2.75) is 11.3 Å². The number of nitrogens with zero attached hydrogens (tertiary/aromatic N) is 4. The molecule has 2 N–H and O–H groups in total. The molecule has 3 heterocycles. The predicted molar refractivity (Wildman–Crippen MR) is 95.7 cm³/mol. The zero-order valence-corrected chi connectivity index (χ0v) is 14.4. The minimum Gasteiger partial charge on any atom is -0.344 e. The van der Waals surface area contributed by atoms with E-state index in [1.165, 1.54) is 6.07 Å². The Labute approximate surface area is 149 Å². The monoisotopic (exact) mass is 366 g/mol. The zero-order valence-electron chi connectivity index (χ0n) is 13.5. The molecule has 0 saturated heterocycles. The van der Waals surface area contributed by atoms with Gasteiger partial charge >= 0.3 is 0 Å². The first-order valence-corrected chi connectivity index (χ1v) is 9.35. The van der Waals surface area contributed by atoms with Gasteiger partial charge in [0, 0.05) is 37.1 Å². The lowest BCUT2D eigenvalue weighted by Crippen LogP contribution is -2.24. The van der Waals surface area contributed by atoms with Crippen molar-refractivity contribution < 1.29 is 8.42 Å². The number of H-pyrrole nitrogens is 1. The van der Waals surface area contributed by atoms with Gasteiger partial charge in [0.15, 0.2) is 11.3 Å². The van der Waals surface area contributed by atoms with E-state index in [4.69, 9.17) is 5.26 Å². The first-order valence-electron chi connectivity index (χ1n) is 7.86. The van der Waals surface area contributed by atoms with Gasteiger partial charge in [-0.15, -0.1) is 0 Å². The Hall–Kier alpha value is -3.22. The van der Waals surface area contributed by atoms with Crippen LogP contribution in [0.25, 0.3) is 27.9 Å². The molecule has 0 aliphatic heterocycles. The third-order valence-corrected chi connectivity index (χ3v) is 5.49. The summed E-state index contributed by atoms with van der Waals surface area (Å²) in [5.41, 5.74) is 3.78. The van der Waals surface area contributed by atoms with E-state index in [0.29, 0.717) is 11.3 Å². The Morgan fingerprint density at radius 2 is 2.19 bits per heavy atom. The summed E-state index contributed by atoms with van der Waals surface area (Å²) in [7, 11) is -3.68. The third-order valence-electron chi connectivity index (χ3n) is 4.04. The number of imidazole rings is 1. The van der Waals surface area contributed by atoms with Crippen LogP contribution < -0.4 is 4.72 Å². The largest absolute Gasteiger partial charge is 0.344 e. The molecule has 26 heavy (non-hydrogen) atoms. The fourth-order valence-corrected chi connectivity index (χ4v) is 3.92. The number of fused-ring (bicyclic) bond motifs is 3. The fourth-order valence-electron chi connectivity index (χ4n) is 2.84. The smallest absolute Gasteiger partial charge is 0.240 e. The Kier molecular flexibility index (Phi) is 3.91. The summed E-state index contributed by atoms with van der Waals surface area (Å²) in [6.07, 6.45) is 7.11. The molecule has 0 atom stereocenters. The van der Waals surface area contributed by atoms with Gasteiger partial charge in [-0.3, -0.25) is 4.40 Å². The summed E-state index contributed by atoms with van der Waals surface area (Å²) in [6, 6.07) is 8.57. The molecule has 0 radical (unpaired) electrons. The van der Waals surface area contributed by atoms with Crippen LogP contribution >= 0.6 is 0 Å². The standard InChI is InChI=1S/C17H14N6O2S/c18-5-2-6-22-26(24,25)13-4-1-3-12(9-13)14-10-20-17-16(14)23-8-7-19-15(23)11-21-17/h1,3-4,7-11,20,22H,2,6H2. The van der Waals surface area contributed by atoms with Crippen molar-refractivity contribution in [2.75, 3.05) is 6.54 Å². The predicted octanol–water partition coefficient (Wildman–Crippen LogP) is 2.07. The van der Waals surface area contributed by atoms with Crippen molar-refractivity contribution in [3.8, 4) is 17.2 Å². The molecule has 130 valence electrons. The highest BCUT2D eigenvalue weighted by Gasteiger charge is 2.16. The second-order valence-corrected chi connectivity index (χ2v) is 7.41. The maximum atomic E-state index is 12.4. The van der Waals surface area contributed by atoms with Crippen LogP contribution in [-0.4, -0.2) is 34.3 Å². The molecule has 0 unspecified atom stereocenters. The Morgan fingerprint density at radius 3 is 3.04 bits per heavy atom. The molecule has 4 aromatic rings. The average Bonchev–Trinajstić information content (AvgIpc) is 3.28. The van der Waals surface area contributed by atoms with E-state index in [1.807, 2.05) is 22.7 Å². The molecule has 0 fully saturated rings. The molecule has 3 aromatic heterocycles. The summed E-state index contributed by atoms with van der Waals surface area (Å²) in [4.78, 5) is 11.8. The second kappa shape index (κ2) is 6.25. The number of hydrogen-bond donors (Lipinski definition) is 2. The first-order chi connectivity index (χ1) is 12.6.